The highest BCUT2D eigenvalue weighted by atomic mass is 35.5. The fourth-order valence-electron chi connectivity index (χ4n) is 5.38. The Morgan fingerprint density at radius 3 is 2.67 bits per heavy atom. The number of nitrogens with one attached hydrogen (secondary N) is 1. The van der Waals surface area contributed by atoms with Gasteiger partial charge in [0.25, 0.3) is 5.56 Å². The van der Waals surface area contributed by atoms with Crippen LogP contribution in [0, 0.1) is 5.92 Å². The largest absolute Gasteiger partial charge is 0.476 e. The van der Waals surface area contributed by atoms with Crippen molar-refractivity contribution in [3.05, 3.63) is 94.4 Å². The number of benzene rings is 1. The lowest BCUT2D eigenvalue weighted by molar-refractivity contribution is -0.119. The second kappa shape index (κ2) is 11.3. The topological polar surface area (TPSA) is 150 Å². The van der Waals surface area contributed by atoms with Crippen LogP contribution in [0.5, 0.6) is 0 Å². The molecule has 0 saturated heterocycles. The fourth-order valence-corrected chi connectivity index (χ4v) is 5.55. The van der Waals surface area contributed by atoms with Gasteiger partial charge in [-0.15, -0.1) is 0 Å². The van der Waals surface area contributed by atoms with Crippen molar-refractivity contribution in [1.82, 2.24) is 33.9 Å². The molecule has 1 aromatic carbocycles. The minimum atomic E-state index is -1.15. The van der Waals surface area contributed by atoms with Gasteiger partial charge in [0.2, 0.25) is 5.91 Å². The summed E-state index contributed by atoms with van der Waals surface area (Å²) in [5.74, 6) is -1.49. The van der Waals surface area contributed by atoms with Crippen molar-refractivity contribution in [2.75, 3.05) is 5.32 Å². The zero-order chi connectivity index (χ0) is 30.2. The Bertz CT molecular complexity index is 1930. The molecular weight excluding hydrogens is 572 g/mol. The number of halogens is 1. The summed E-state index contributed by atoms with van der Waals surface area (Å²) < 4.78 is 4.81. The van der Waals surface area contributed by atoms with Crippen LogP contribution in [0.1, 0.15) is 48.4 Å². The maximum absolute atomic E-state index is 13.7. The number of carboxylic acid groups (broad SMARTS) is 1. The minimum Gasteiger partial charge on any atom is -0.476 e. The number of carbonyl (C=O) groups is 2. The molecule has 1 aliphatic heterocycles. The van der Waals surface area contributed by atoms with Gasteiger partial charge in [-0.3, -0.25) is 23.8 Å². The predicted octanol–water partition coefficient (Wildman–Crippen LogP) is 4.59. The molecule has 0 fully saturated rings. The highest BCUT2D eigenvalue weighted by Gasteiger charge is 2.24. The summed E-state index contributed by atoms with van der Waals surface area (Å²) in [5.41, 5.74) is 3.89. The Balaban J connectivity index is 1.43. The molecular formula is C30H27ClN8O4. The van der Waals surface area contributed by atoms with E-state index < -0.39 is 12.0 Å². The molecule has 0 spiro atoms. The standard InChI is InChI=1S/C30H27ClN8O4/c1-17-4-3-5-26(22-10-18(8-9-32-22)28-23(36-29(17)41)13-35-37(28)2)39-16-34-21(12-27(39)40)20-11-19(31)6-7-25(20)38-14-24(30(42)43)33-15-38/h6-17,26H,3-5H2,1-2H3,(H,36,41)(H,42,43)/t17-,26+/m1/s1. The van der Waals surface area contributed by atoms with Crippen molar-refractivity contribution < 1.29 is 14.7 Å². The predicted molar refractivity (Wildman–Crippen MR) is 159 cm³/mol. The molecule has 2 bridgehead atoms. The third-order valence-corrected chi connectivity index (χ3v) is 7.88. The highest BCUT2D eigenvalue weighted by Crippen LogP contribution is 2.33. The number of aromatic carboxylic acids is 1. The van der Waals surface area contributed by atoms with Crippen molar-refractivity contribution in [3.63, 3.8) is 0 Å². The number of carboxylic acids is 1. The van der Waals surface area contributed by atoms with Gasteiger partial charge in [0.1, 0.15) is 6.33 Å². The summed E-state index contributed by atoms with van der Waals surface area (Å²) >= 11 is 6.32. The highest BCUT2D eigenvalue weighted by molar-refractivity contribution is 6.31. The van der Waals surface area contributed by atoms with Gasteiger partial charge in [0.15, 0.2) is 5.69 Å². The summed E-state index contributed by atoms with van der Waals surface area (Å²) in [6, 6.07) is 9.80. The smallest absolute Gasteiger partial charge is 0.356 e. The molecule has 2 N–H and O–H groups in total. The number of fused-ring (bicyclic) bond motifs is 4. The van der Waals surface area contributed by atoms with Gasteiger partial charge in [-0.05, 0) is 43.2 Å². The van der Waals surface area contributed by atoms with Gasteiger partial charge in [0.05, 0.1) is 47.0 Å². The molecule has 43 heavy (non-hydrogen) atoms. The third kappa shape index (κ3) is 5.44. The Morgan fingerprint density at radius 2 is 1.91 bits per heavy atom. The molecule has 1 amide bonds. The van der Waals surface area contributed by atoms with Gasteiger partial charge in [-0.25, -0.2) is 14.8 Å². The molecule has 5 heterocycles. The number of rotatable bonds is 4. The Kier molecular flexibility index (Phi) is 7.36. The first kappa shape index (κ1) is 28.0. The van der Waals surface area contributed by atoms with Crippen LogP contribution in [-0.2, 0) is 11.8 Å². The zero-order valence-corrected chi connectivity index (χ0v) is 24.1. The van der Waals surface area contributed by atoms with Crippen LogP contribution >= 0.6 is 11.6 Å². The maximum Gasteiger partial charge on any atom is 0.356 e. The van der Waals surface area contributed by atoms with E-state index in [4.69, 9.17) is 11.6 Å². The molecule has 4 aromatic heterocycles. The van der Waals surface area contributed by atoms with Crippen molar-refractivity contribution in [2.24, 2.45) is 13.0 Å². The number of nitrogens with zero attached hydrogens (tertiary/aromatic N) is 7. The van der Waals surface area contributed by atoms with Gasteiger partial charge in [-0.2, -0.15) is 5.10 Å². The van der Waals surface area contributed by atoms with E-state index in [2.05, 4.69) is 25.4 Å². The number of carbonyl (C=O) groups excluding carboxylic acids is 1. The van der Waals surface area contributed by atoms with Crippen LogP contribution in [0.3, 0.4) is 0 Å². The number of aryl methyl sites for hydroxylation is 1. The first-order valence-electron chi connectivity index (χ1n) is 13.6. The molecule has 2 atom stereocenters. The molecule has 0 aliphatic carbocycles. The van der Waals surface area contributed by atoms with Crippen LogP contribution in [-0.4, -0.2) is 50.8 Å². The molecule has 13 heteroatoms. The third-order valence-electron chi connectivity index (χ3n) is 7.64. The maximum atomic E-state index is 13.7. The molecule has 218 valence electrons. The monoisotopic (exact) mass is 598 g/mol. The molecule has 0 saturated carbocycles. The van der Waals surface area contributed by atoms with Crippen LogP contribution < -0.4 is 10.9 Å². The van der Waals surface area contributed by atoms with Crippen molar-refractivity contribution in [1.29, 1.82) is 0 Å². The van der Waals surface area contributed by atoms with E-state index in [0.29, 0.717) is 52.6 Å². The minimum absolute atomic E-state index is 0.0884. The van der Waals surface area contributed by atoms with Gasteiger partial charge >= 0.3 is 5.97 Å². The molecule has 1 aliphatic rings. The van der Waals surface area contributed by atoms with E-state index in [1.807, 2.05) is 19.1 Å². The normalized spacial score (nSPS) is 17.0. The lowest BCUT2D eigenvalue weighted by Gasteiger charge is -2.22. The lowest BCUT2D eigenvalue weighted by atomic mass is 9.97. The first-order valence-corrected chi connectivity index (χ1v) is 14.0. The van der Waals surface area contributed by atoms with Gasteiger partial charge < -0.3 is 15.0 Å². The second-order valence-electron chi connectivity index (χ2n) is 10.5. The van der Waals surface area contributed by atoms with Crippen LogP contribution in [0.2, 0.25) is 5.02 Å². The number of imidazole rings is 1. The second-order valence-corrected chi connectivity index (χ2v) is 10.9. The molecule has 12 nitrogen and oxygen atoms in total. The van der Waals surface area contributed by atoms with E-state index in [0.717, 1.165) is 11.3 Å². The number of anilines is 1. The number of amides is 1. The van der Waals surface area contributed by atoms with E-state index in [-0.39, 0.29) is 23.1 Å². The number of pyridine rings is 1. The summed E-state index contributed by atoms with van der Waals surface area (Å²) in [6.07, 6.45) is 9.43. The van der Waals surface area contributed by atoms with E-state index in [9.17, 15) is 19.5 Å². The van der Waals surface area contributed by atoms with E-state index >= 15 is 0 Å². The van der Waals surface area contributed by atoms with Crippen molar-refractivity contribution >= 4 is 29.2 Å². The van der Waals surface area contributed by atoms with Crippen molar-refractivity contribution in [3.8, 4) is 28.2 Å². The average molecular weight is 599 g/mol. The summed E-state index contributed by atoms with van der Waals surface area (Å²) in [4.78, 5) is 51.2. The number of hydrogen-bond acceptors (Lipinski definition) is 7. The van der Waals surface area contributed by atoms with Crippen LogP contribution in [0.15, 0.2) is 72.4 Å². The van der Waals surface area contributed by atoms with Gasteiger partial charge in [-0.1, -0.05) is 24.9 Å². The number of aromatic nitrogens is 7. The van der Waals surface area contributed by atoms with Crippen molar-refractivity contribution in [2.45, 2.75) is 32.2 Å². The van der Waals surface area contributed by atoms with Crippen LogP contribution in [0.4, 0.5) is 5.69 Å². The quantitative estimate of drug-likeness (QED) is 0.305. The van der Waals surface area contributed by atoms with Gasteiger partial charge in [0, 0.05) is 47.6 Å². The Labute approximate surface area is 250 Å². The SMILES string of the molecule is C[C@@H]1CCC[C@H](n2cnc(-c3cc(Cl)ccc3-n3cnc(C(=O)O)c3)cc2=O)c2cc(ccn2)-c2c(cnn2C)NC1=O. The average Bonchev–Trinajstić information content (AvgIpc) is 3.62. The lowest BCUT2D eigenvalue weighted by Crippen LogP contribution is -2.27. The summed E-state index contributed by atoms with van der Waals surface area (Å²) in [6.45, 7) is 1.88. The molecule has 0 unspecified atom stereocenters. The summed E-state index contributed by atoms with van der Waals surface area (Å²) in [5, 5.41) is 17.1. The Morgan fingerprint density at radius 1 is 1.07 bits per heavy atom. The van der Waals surface area contributed by atoms with Crippen LogP contribution in [0.25, 0.3) is 28.2 Å². The molecule has 5 aromatic rings. The first-order chi connectivity index (χ1) is 20.7. The Hall–Kier alpha value is -5.10. The summed E-state index contributed by atoms with van der Waals surface area (Å²) in [7, 11) is 1.81. The van der Waals surface area contributed by atoms with E-state index in [1.54, 1.807) is 51.5 Å². The number of hydrogen-bond donors (Lipinski definition) is 2. The molecule has 0 radical (unpaired) electrons. The molecule has 6 rings (SSSR count). The zero-order valence-electron chi connectivity index (χ0n) is 23.3. The fraction of sp³-hybridized carbons (Fsp3) is 0.233. The van der Waals surface area contributed by atoms with E-state index in [1.165, 1.54) is 24.9 Å².